The summed E-state index contributed by atoms with van der Waals surface area (Å²) in [5.41, 5.74) is 1.90. The van der Waals surface area contributed by atoms with E-state index in [2.05, 4.69) is 5.32 Å². The van der Waals surface area contributed by atoms with Gasteiger partial charge in [0.05, 0.1) is 12.0 Å². The Bertz CT molecular complexity index is 694. The number of phenols is 1. The van der Waals surface area contributed by atoms with E-state index >= 15 is 0 Å². The van der Waals surface area contributed by atoms with Gasteiger partial charge in [-0.3, -0.25) is 4.79 Å². The number of phenolic OH excluding ortho intramolecular Hbond substituents is 1. The lowest BCUT2D eigenvalue weighted by Gasteiger charge is -2.10. The maximum absolute atomic E-state index is 12.0. The number of benzene rings is 2. The van der Waals surface area contributed by atoms with E-state index in [0.29, 0.717) is 11.3 Å². The maximum atomic E-state index is 12.0. The van der Waals surface area contributed by atoms with E-state index in [4.69, 9.17) is 5.11 Å². The number of carbonyl (C=O) groups is 2. The second kappa shape index (κ2) is 6.09. The molecule has 1 amide bonds. The monoisotopic (exact) mass is 285 g/mol. The molecule has 0 atom stereocenters. The SMILES string of the molecule is Cc1cc(O)ccc1NC(=O)Cc1ccccc1C(=O)O. The van der Waals surface area contributed by atoms with Gasteiger partial charge in [-0.05, 0) is 42.3 Å². The Balaban J connectivity index is 2.14. The number of carbonyl (C=O) groups excluding carboxylic acids is 1. The van der Waals surface area contributed by atoms with Crippen LogP contribution in [-0.2, 0) is 11.2 Å². The predicted octanol–water partition coefficient (Wildman–Crippen LogP) is 2.58. The highest BCUT2D eigenvalue weighted by molar-refractivity contribution is 5.96. The zero-order chi connectivity index (χ0) is 15.4. The van der Waals surface area contributed by atoms with Gasteiger partial charge in [-0.1, -0.05) is 18.2 Å². The molecule has 0 saturated heterocycles. The number of hydrogen-bond donors (Lipinski definition) is 3. The van der Waals surface area contributed by atoms with Crippen molar-refractivity contribution in [2.75, 3.05) is 5.32 Å². The average molecular weight is 285 g/mol. The van der Waals surface area contributed by atoms with Crippen LogP contribution in [0.5, 0.6) is 5.75 Å². The highest BCUT2D eigenvalue weighted by Crippen LogP contribution is 2.20. The van der Waals surface area contributed by atoms with Gasteiger partial charge in [0.1, 0.15) is 5.75 Å². The molecule has 3 N–H and O–H groups in total. The van der Waals surface area contributed by atoms with Gasteiger partial charge < -0.3 is 15.5 Å². The van der Waals surface area contributed by atoms with E-state index in [-0.39, 0.29) is 23.6 Å². The third kappa shape index (κ3) is 3.60. The van der Waals surface area contributed by atoms with E-state index in [1.807, 2.05) is 0 Å². The average Bonchev–Trinajstić information content (AvgIpc) is 2.42. The lowest BCUT2D eigenvalue weighted by Crippen LogP contribution is -2.17. The number of aryl methyl sites for hydroxylation is 1. The molecule has 0 bridgehead atoms. The van der Waals surface area contributed by atoms with Crippen molar-refractivity contribution in [3.8, 4) is 5.75 Å². The third-order valence-electron chi connectivity index (χ3n) is 3.08. The molecule has 0 fully saturated rings. The number of nitrogens with one attached hydrogen (secondary N) is 1. The minimum atomic E-state index is -1.06. The molecule has 0 aromatic heterocycles. The van der Waals surface area contributed by atoms with Crippen LogP contribution >= 0.6 is 0 Å². The Morgan fingerprint density at radius 2 is 1.86 bits per heavy atom. The molecule has 108 valence electrons. The molecule has 21 heavy (non-hydrogen) atoms. The lowest BCUT2D eigenvalue weighted by atomic mass is 10.0. The second-order valence-corrected chi connectivity index (χ2v) is 4.69. The molecule has 5 heteroatoms. The smallest absolute Gasteiger partial charge is 0.335 e. The van der Waals surface area contributed by atoms with Crippen molar-refractivity contribution in [3.63, 3.8) is 0 Å². The van der Waals surface area contributed by atoms with Crippen molar-refractivity contribution in [3.05, 3.63) is 59.2 Å². The molecule has 0 radical (unpaired) electrons. The van der Waals surface area contributed by atoms with Crippen LogP contribution in [0.4, 0.5) is 5.69 Å². The van der Waals surface area contributed by atoms with Crippen LogP contribution in [0.15, 0.2) is 42.5 Å². The summed E-state index contributed by atoms with van der Waals surface area (Å²) in [7, 11) is 0. The van der Waals surface area contributed by atoms with Crippen LogP contribution in [-0.4, -0.2) is 22.1 Å². The molecule has 5 nitrogen and oxygen atoms in total. The van der Waals surface area contributed by atoms with E-state index < -0.39 is 5.97 Å². The quantitative estimate of drug-likeness (QED) is 0.753. The topological polar surface area (TPSA) is 86.6 Å². The summed E-state index contributed by atoms with van der Waals surface area (Å²) in [4.78, 5) is 23.1. The first-order valence-electron chi connectivity index (χ1n) is 6.38. The molecule has 0 saturated carbocycles. The highest BCUT2D eigenvalue weighted by Gasteiger charge is 2.13. The highest BCUT2D eigenvalue weighted by atomic mass is 16.4. The van der Waals surface area contributed by atoms with Gasteiger partial charge in [0, 0.05) is 5.69 Å². The number of aromatic carboxylic acids is 1. The van der Waals surface area contributed by atoms with E-state index in [9.17, 15) is 14.7 Å². The summed E-state index contributed by atoms with van der Waals surface area (Å²) in [6, 6.07) is 11.0. The second-order valence-electron chi connectivity index (χ2n) is 4.69. The first-order chi connectivity index (χ1) is 9.97. The van der Waals surface area contributed by atoms with Crippen LogP contribution in [0, 0.1) is 6.92 Å². The Morgan fingerprint density at radius 1 is 1.14 bits per heavy atom. The largest absolute Gasteiger partial charge is 0.508 e. The molecule has 0 spiro atoms. The van der Waals surface area contributed by atoms with Gasteiger partial charge in [0.25, 0.3) is 0 Å². The van der Waals surface area contributed by atoms with E-state index in [1.165, 1.54) is 12.1 Å². The summed E-state index contributed by atoms with van der Waals surface area (Å²) in [5.74, 6) is -1.24. The van der Waals surface area contributed by atoms with Crippen molar-refractivity contribution in [1.29, 1.82) is 0 Å². The van der Waals surface area contributed by atoms with Crippen LogP contribution < -0.4 is 5.32 Å². The number of carboxylic acid groups (broad SMARTS) is 1. The van der Waals surface area contributed by atoms with Crippen LogP contribution in [0.2, 0.25) is 0 Å². The van der Waals surface area contributed by atoms with Crippen molar-refractivity contribution >= 4 is 17.6 Å². The predicted molar refractivity (Wildman–Crippen MR) is 78.6 cm³/mol. The normalized spacial score (nSPS) is 10.1. The Morgan fingerprint density at radius 3 is 2.52 bits per heavy atom. The molecule has 0 aliphatic rings. The fourth-order valence-corrected chi connectivity index (χ4v) is 2.04. The van der Waals surface area contributed by atoms with E-state index in [0.717, 1.165) is 5.56 Å². The zero-order valence-electron chi connectivity index (χ0n) is 11.5. The Kier molecular flexibility index (Phi) is 4.23. The lowest BCUT2D eigenvalue weighted by molar-refractivity contribution is -0.115. The fraction of sp³-hybridized carbons (Fsp3) is 0.125. The molecule has 0 unspecified atom stereocenters. The van der Waals surface area contributed by atoms with Crippen LogP contribution in [0.25, 0.3) is 0 Å². The van der Waals surface area contributed by atoms with Crippen molar-refractivity contribution in [2.24, 2.45) is 0 Å². The Labute approximate surface area is 121 Å². The van der Waals surface area contributed by atoms with Gasteiger partial charge in [0.15, 0.2) is 0 Å². The fourth-order valence-electron chi connectivity index (χ4n) is 2.04. The standard InChI is InChI=1S/C16H15NO4/c1-10-8-12(18)6-7-14(10)17-15(19)9-11-4-2-3-5-13(11)16(20)21/h2-8,18H,9H2,1H3,(H,17,19)(H,20,21). The number of aromatic hydroxyl groups is 1. The van der Waals surface area contributed by atoms with Gasteiger partial charge in [-0.25, -0.2) is 4.79 Å². The van der Waals surface area contributed by atoms with Crippen molar-refractivity contribution in [1.82, 2.24) is 0 Å². The third-order valence-corrected chi connectivity index (χ3v) is 3.08. The minimum Gasteiger partial charge on any atom is -0.508 e. The van der Waals surface area contributed by atoms with Gasteiger partial charge in [-0.15, -0.1) is 0 Å². The number of carboxylic acids is 1. The van der Waals surface area contributed by atoms with Crippen LogP contribution in [0.3, 0.4) is 0 Å². The molecular formula is C16H15NO4. The van der Waals surface area contributed by atoms with E-state index in [1.54, 1.807) is 37.3 Å². The number of anilines is 1. The van der Waals surface area contributed by atoms with Crippen LogP contribution in [0.1, 0.15) is 21.5 Å². The molecular weight excluding hydrogens is 270 g/mol. The molecule has 2 aromatic rings. The van der Waals surface area contributed by atoms with Gasteiger partial charge >= 0.3 is 5.97 Å². The molecule has 0 aliphatic heterocycles. The summed E-state index contributed by atoms with van der Waals surface area (Å²) in [6.45, 7) is 1.76. The summed E-state index contributed by atoms with van der Waals surface area (Å²) >= 11 is 0. The Hall–Kier alpha value is -2.82. The summed E-state index contributed by atoms with van der Waals surface area (Å²) in [6.07, 6.45) is -0.0250. The molecule has 2 aromatic carbocycles. The summed E-state index contributed by atoms with van der Waals surface area (Å²) in [5, 5.41) is 21.1. The number of rotatable bonds is 4. The van der Waals surface area contributed by atoms with Gasteiger partial charge in [-0.2, -0.15) is 0 Å². The van der Waals surface area contributed by atoms with Crippen molar-refractivity contribution < 1.29 is 19.8 Å². The van der Waals surface area contributed by atoms with Gasteiger partial charge in [0.2, 0.25) is 5.91 Å². The number of hydrogen-bond acceptors (Lipinski definition) is 3. The summed E-state index contributed by atoms with van der Waals surface area (Å²) < 4.78 is 0. The first kappa shape index (κ1) is 14.6. The maximum Gasteiger partial charge on any atom is 0.335 e. The number of amides is 1. The molecule has 0 aliphatic carbocycles. The first-order valence-corrected chi connectivity index (χ1v) is 6.38. The molecule has 0 heterocycles. The van der Waals surface area contributed by atoms with Crippen molar-refractivity contribution in [2.45, 2.75) is 13.3 Å². The minimum absolute atomic E-state index is 0.0250. The zero-order valence-corrected chi connectivity index (χ0v) is 11.5. The molecule has 2 rings (SSSR count).